The van der Waals surface area contributed by atoms with E-state index in [4.69, 9.17) is 0 Å². The van der Waals surface area contributed by atoms with Crippen LogP contribution in [-0.2, 0) is 4.79 Å². The van der Waals surface area contributed by atoms with E-state index in [1.54, 1.807) is 0 Å². The summed E-state index contributed by atoms with van der Waals surface area (Å²) in [5, 5.41) is 6.34. The Morgan fingerprint density at radius 1 is 1.00 bits per heavy atom. The Bertz CT molecular complexity index is 734. The molecule has 3 rings (SSSR count). The van der Waals surface area contributed by atoms with Gasteiger partial charge in [0.2, 0.25) is 5.91 Å². The number of nitrogens with zero attached hydrogens (tertiary/aromatic N) is 1. The Hall–Kier alpha value is -2.49. The molecule has 1 amide bonds. The van der Waals surface area contributed by atoms with E-state index in [0.717, 1.165) is 24.5 Å². The topological polar surface area (TPSA) is 44.4 Å². The SMILES string of the molecule is Cc1cccc(NCCC(=O)Nc2ccc(N3CCCCC3)cc2)c1C. The van der Waals surface area contributed by atoms with E-state index in [1.165, 1.54) is 36.1 Å². The Kier molecular flexibility index (Phi) is 6.16. The Labute approximate surface area is 156 Å². The van der Waals surface area contributed by atoms with Crippen LogP contribution in [0.4, 0.5) is 17.1 Å². The first-order valence-corrected chi connectivity index (χ1v) is 9.58. The van der Waals surface area contributed by atoms with Crippen molar-refractivity contribution in [3.05, 3.63) is 53.6 Å². The molecule has 2 N–H and O–H groups in total. The molecule has 1 saturated heterocycles. The van der Waals surface area contributed by atoms with Gasteiger partial charge in [0.25, 0.3) is 0 Å². The normalized spacial score (nSPS) is 14.2. The van der Waals surface area contributed by atoms with Crippen LogP contribution in [0.15, 0.2) is 42.5 Å². The molecule has 0 radical (unpaired) electrons. The fraction of sp³-hybridized carbons (Fsp3) is 0.409. The number of amides is 1. The van der Waals surface area contributed by atoms with Crippen LogP contribution in [0.2, 0.25) is 0 Å². The minimum Gasteiger partial charge on any atom is -0.384 e. The van der Waals surface area contributed by atoms with Crippen molar-refractivity contribution < 1.29 is 4.79 Å². The Morgan fingerprint density at radius 3 is 2.46 bits per heavy atom. The van der Waals surface area contributed by atoms with Crippen molar-refractivity contribution in [1.82, 2.24) is 0 Å². The maximum absolute atomic E-state index is 12.2. The van der Waals surface area contributed by atoms with Crippen LogP contribution in [-0.4, -0.2) is 25.5 Å². The summed E-state index contributed by atoms with van der Waals surface area (Å²) in [5.74, 6) is 0.0357. The first-order valence-electron chi connectivity index (χ1n) is 9.58. The average molecular weight is 351 g/mol. The van der Waals surface area contributed by atoms with Gasteiger partial charge in [-0.25, -0.2) is 0 Å². The lowest BCUT2D eigenvalue weighted by Crippen LogP contribution is -2.29. The molecule has 0 atom stereocenters. The Balaban J connectivity index is 1.46. The van der Waals surface area contributed by atoms with Gasteiger partial charge in [0, 0.05) is 43.1 Å². The van der Waals surface area contributed by atoms with Crippen molar-refractivity contribution in [2.75, 3.05) is 35.2 Å². The maximum atomic E-state index is 12.2. The zero-order valence-corrected chi connectivity index (χ0v) is 15.8. The van der Waals surface area contributed by atoms with Crippen molar-refractivity contribution in [2.45, 2.75) is 39.5 Å². The van der Waals surface area contributed by atoms with Crippen molar-refractivity contribution >= 4 is 23.0 Å². The van der Waals surface area contributed by atoms with E-state index in [0.29, 0.717) is 13.0 Å². The predicted octanol–water partition coefficient (Wildman–Crippen LogP) is 4.73. The second-order valence-corrected chi connectivity index (χ2v) is 7.07. The second kappa shape index (κ2) is 8.75. The van der Waals surface area contributed by atoms with Crippen molar-refractivity contribution in [3.63, 3.8) is 0 Å². The monoisotopic (exact) mass is 351 g/mol. The van der Waals surface area contributed by atoms with Gasteiger partial charge in [0.1, 0.15) is 0 Å². The highest BCUT2D eigenvalue weighted by atomic mass is 16.1. The molecule has 0 aromatic heterocycles. The molecule has 1 aliphatic rings. The van der Waals surface area contributed by atoms with Gasteiger partial charge < -0.3 is 15.5 Å². The van der Waals surface area contributed by atoms with Crippen LogP contribution < -0.4 is 15.5 Å². The fourth-order valence-electron chi connectivity index (χ4n) is 3.38. The minimum absolute atomic E-state index is 0.0357. The molecule has 2 aromatic rings. The first-order chi connectivity index (χ1) is 12.6. The molecule has 0 saturated carbocycles. The van der Waals surface area contributed by atoms with Gasteiger partial charge in [-0.2, -0.15) is 0 Å². The van der Waals surface area contributed by atoms with E-state index in [2.05, 4.69) is 53.6 Å². The highest BCUT2D eigenvalue weighted by Crippen LogP contribution is 2.22. The summed E-state index contributed by atoms with van der Waals surface area (Å²) < 4.78 is 0. The highest BCUT2D eigenvalue weighted by Gasteiger charge is 2.11. The minimum atomic E-state index is 0.0357. The molecule has 4 heteroatoms. The standard InChI is InChI=1S/C22H29N3O/c1-17-7-6-8-21(18(17)2)23-14-13-22(26)24-19-9-11-20(12-10-19)25-15-4-3-5-16-25/h6-12,23H,3-5,13-16H2,1-2H3,(H,24,26). The lowest BCUT2D eigenvalue weighted by molar-refractivity contribution is -0.115. The lowest BCUT2D eigenvalue weighted by Gasteiger charge is -2.28. The number of hydrogen-bond acceptors (Lipinski definition) is 3. The average Bonchev–Trinajstić information content (AvgIpc) is 2.66. The van der Waals surface area contributed by atoms with Crippen molar-refractivity contribution in [1.29, 1.82) is 0 Å². The number of anilines is 3. The van der Waals surface area contributed by atoms with Crippen LogP contribution in [0.25, 0.3) is 0 Å². The highest BCUT2D eigenvalue weighted by molar-refractivity contribution is 5.91. The summed E-state index contributed by atoms with van der Waals surface area (Å²) in [7, 11) is 0. The molecule has 1 heterocycles. The number of nitrogens with one attached hydrogen (secondary N) is 2. The van der Waals surface area contributed by atoms with Crippen LogP contribution in [0, 0.1) is 13.8 Å². The van der Waals surface area contributed by atoms with Crippen LogP contribution in [0.3, 0.4) is 0 Å². The molecule has 0 aliphatic carbocycles. The summed E-state index contributed by atoms with van der Waals surface area (Å²) in [4.78, 5) is 14.6. The fourth-order valence-corrected chi connectivity index (χ4v) is 3.38. The number of benzene rings is 2. The third kappa shape index (κ3) is 4.78. The molecule has 1 fully saturated rings. The van der Waals surface area contributed by atoms with E-state index < -0.39 is 0 Å². The predicted molar refractivity (Wildman–Crippen MR) is 110 cm³/mol. The second-order valence-electron chi connectivity index (χ2n) is 7.07. The first kappa shape index (κ1) is 18.3. The molecule has 138 valence electrons. The molecule has 4 nitrogen and oxygen atoms in total. The van der Waals surface area contributed by atoms with Crippen LogP contribution in [0.1, 0.15) is 36.8 Å². The van der Waals surface area contributed by atoms with Gasteiger partial charge >= 0.3 is 0 Å². The summed E-state index contributed by atoms with van der Waals surface area (Å²) in [6.07, 6.45) is 4.32. The summed E-state index contributed by atoms with van der Waals surface area (Å²) in [6, 6.07) is 14.4. The number of carbonyl (C=O) groups is 1. The molecule has 0 unspecified atom stereocenters. The zero-order valence-electron chi connectivity index (χ0n) is 15.8. The summed E-state index contributed by atoms with van der Waals surface area (Å²) in [5.41, 5.74) is 5.71. The van der Waals surface area contributed by atoms with Crippen molar-refractivity contribution in [2.24, 2.45) is 0 Å². The quantitative estimate of drug-likeness (QED) is 0.790. The third-order valence-corrected chi connectivity index (χ3v) is 5.14. The van der Waals surface area contributed by atoms with Gasteiger partial charge in [0.15, 0.2) is 0 Å². The number of aryl methyl sites for hydroxylation is 1. The molecular formula is C22H29N3O. The molecule has 0 bridgehead atoms. The molecule has 1 aliphatic heterocycles. The van der Waals surface area contributed by atoms with Gasteiger partial charge in [0.05, 0.1) is 0 Å². The van der Waals surface area contributed by atoms with Crippen LogP contribution >= 0.6 is 0 Å². The van der Waals surface area contributed by atoms with Gasteiger partial charge in [-0.1, -0.05) is 12.1 Å². The lowest BCUT2D eigenvalue weighted by atomic mass is 10.1. The van der Waals surface area contributed by atoms with Gasteiger partial charge in [-0.3, -0.25) is 4.79 Å². The van der Waals surface area contributed by atoms with E-state index in [-0.39, 0.29) is 5.91 Å². The summed E-state index contributed by atoms with van der Waals surface area (Å²) >= 11 is 0. The molecule has 2 aromatic carbocycles. The van der Waals surface area contributed by atoms with E-state index in [1.807, 2.05) is 18.2 Å². The third-order valence-electron chi connectivity index (χ3n) is 5.14. The van der Waals surface area contributed by atoms with E-state index >= 15 is 0 Å². The zero-order chi connectivity index (χ0) is 18.4. The van der Waals surface area contributed by atoms with E-state index in [9.17, 15) is 4.79 Å². The number of rotatable bonds is 6. The number of hydrogen-bond donors (Lipinski definition) is 2. The largest absolute Gasteiger partial charge is 0.384 e. The van der Waals surface area contributed by atoms with Gasteiger partial charge in [-0.05, 0) is 74.6 Å². The van der Waals surface area contributed by atoms with Gasteiger partial charge in [-0.15, -0.1) is 0 Å². The number of piperidine rings is 1. The molecular weight excluding hydrogens is 322 g/mol. The molecule has 0 spiro atoms. The summed E-state index contributed by atoms with van der Waals surface area (Å²) in [6.45, 7) is 7.09. The van der Waals surface area contributed by atoms with Crippen molar-refractivity contribution in [3.8, 4) is 0 Å². The maximum Gasteiger partial charge on any atom is 0.226 e. The Morgan fingerprint density at radius 2 is 1.73 bits per heavy atom. The molecule has 26 heavy (non-hydrogen) atoms. The number of carbonyl (C=O) groups excluding carboxylic acids is 1. The van der Waals surface area contributed by atoms with Crippen LogP contribution in [0.5, 0.6) is 0 Å². The smallest absolute Gasteiger partial charge is 0.226 e.